The van der Waals surface area contributed by atoms with Gasteiger partial charge in [-0.25, -0.2) is 8.42 Å². The Kier molecular flexibility index (Phi) is 6.02. The van der Waals surface area contributed by atoms with Crippen LogP contribution in [0.2, 0.25) is 0 Å². The zero-order chi connectivity index (χ0) is 18.8. The van der Waals surface area contributed by atoms with Gasteiger partial charge in [0.1, 0.15) is 5.69 Å². The summed E-state index contributed by atoms with van der Waals surface area (Å²) in [6.45, 7) is 6.53. The molecule has 0 aromatic heterocycles. The lowest BCUT2D eigenvalue weighted by Crippen LogP contribution is -2.42. The molecule has 1 aromatic carbocycles. The molecule has 1 heterocycles. The van der Waals surface area contributed by atoms with E-state index in [9.17, 15) is 23.6 Å². The van der Waals surface area contributed by atoms with E-state index in [1.165, 1.54) is 16.4 Å². The van der Waals surface area contributed by atoms with Gasteiger partial charge in [0.05, 0.1) is 15.9 Å². The number of nitrogens with one attached hydrogen (secondary N) is 1. The fraction of sp³-hybridized carbons (Fsp3) is 0.625. The van der Waals surface area contributed by atoms with E-state index in [0.717, 1.165) is 12.5 Å². The van der Waals surface area contributed by atoms with Crippen molar-refractivity contribution in [1.29, 1.82) is 0 Å². The summed E-state index contributed by atoms with van der Waals surface area (Å²) < 4.78 is 27.2. The van der Waals surface area contributed by atoms with Crippen molar-refractivity contribution >= 4 is 21.4 Å². The van der Waals surface area contributed by atoms with Crippen LogP contribution in [-0.2, 0) is 10.0 Å². The Morgan fingerprint density at radius 3 is 2.48 bits per heavy atom. The van der Waals surface area contributed by atoms with Gasteiger partial charge in [0.25, 0.3) is 5.69 Å². The van der Waals surface area contributed by atoms with Crippen LogP contribution >= 0.6 is 0 Å². The molecule has 140 valence electrons. The Labute approximate surface area is 148 Å². The predicted octanol–water partition coefficient (Wildman–Crippen LogP) is 2.05. The molecule has 0 amide bonds. The standard InChI is InChI=1S/C16H25N3O5S/c1-11-6-12(2)10-18(9-11)25(23,24)14-4-5-15(17-8-13(3)20)16(7-14)19(21)22/h4-5,7,11-13,17,20H,6,8-10H2,1-3H3/t11-,12-,13+/m1/s1. The Hall–Kier alpha value is -1.71. The van der Waals surface area contributed by atoms with Gasteiger partial charge < -0.3 is 10.4 Å². The number of rotatable bonds is 6. The molecule has 0 aliphatic carbocycles. The molecule has 1 saturated heterocycles. The Morgan fingerprint density at radius 2 is 1.96 bits per heavy atom. The number of hydrogen-bond acceptors (Lipinski definition) is 6. The summed E-state index contributed by atoms with van der Waals surface area (Å²) in [5.74, 6) is 0.501. The number of sulfonamides is 1. The van der Waals surface area contributed by atoms with Crippen molar-refractivity contribution in [3.05, 3.63) is 28.3 Å². The summed E-state index contributed by atoms with van der Waals surface area (Å²) >= 11 is 0. The van der Waals surface area contributed by atoms with Crippen molar-refractivity contribution in [1.82, 2.24) is 4.31 Å². The highest BCUT2D eigenvalue weighted by Crippen LogP contribution is 2.31. The quantitative estimate of drug-likeness (QED) is 0.584. The zero-order valence-electron chi connectivity index (χ0n) is 14.7. The molecule has 0 bridgehead atoms. The molecule has 1 aromatic rings. The summed E-state index contributed by atoms with van der Waals surface area (Å²) in [4.78, 5) is 10.6. The lowest BCUT2D eigenvalue weighted by molar-refractivity contribution is -0.384. The van der Waals surface area contributed by atoms with E-state index in [0.29, 0.717) is 13.1 Å². The van der Waals surface area contributed by atoms with Crippen LogP contribution in [0.5, 0.6) is 0 Å². The van der Waals surface area contributed by atoms with E-state index in [1.54, 1.807) is 6.92 Å². The molecule has 9 heteroatoms. The predicted molar refractivity (Wildman–Crippen MR) is 95.0 cm³/mol. The average molecular weight is 371 g/mol. The lowest BCUT2D eigenvalue weighted by Gasteiger charge is -2.34. The summed E-state index contributed by atoms with van der Waals surface area (Å²) in [6.07, 6.45) is 0.285. The first-order valence-electron chi connectivity index (χ1n) is 8.31. The second kappa shape index (κ2) is 7.67. The van der Waals surface area contributed by atoms with Crippen LogP contribution in [0, 0.1) is 22.0 Å². The van der Waals surface area contributed by atoms with Crippen molar-refractivity contribution in [2.45, 2.75) is 38.2 Å². The highest BCUT2D eigenvalue weighted by Gasteiger charge is 2.33. The monoisotopic (exact) mass is 371 g/mol. The molecule has 0 saturated carbocycles. The van der Waals surface area contributed by atoms with Crippen molar-refractivity contribution < 1.29 is 18.4 Å². The average Bonchev–Trinajstić information content (AvgIpc) is 2.51. The molecule has 2 N–H and O–H groups in total. The number of nitro groups is 1. The van der Waals surface area contributed by atoms with Crippen LogP contribution < -0.4 is 5.32 Å². The third-order valence-corrected chi connectivity index (χ3v) is 6.05. The fourth-order valence-electron chi connectivity index (χ4n) is 3.18. The van der Waals surface area contributed by atoms with Gasteiger partial charge in [-0.05, 0) is 37.3 Å². The minimum Gasteiger partial charge on any atom is -0.392 e. The van der Waals surface area contributed by atoms with E-state index in [2.05, 4.69) is 5.32 Å². The molecule has 0 unspecified atom stereocenters. The van der Waals surface area contributed by atoms with E-state index in [4.69, 9.17) is 0 Å². The summed E-state index contributed by atoms with van der Waals surface area (Å²) in [7, 11) is -3.78. The van der Waals surface area contributed by atoms with E-state index in [1.807, 2.05) is 13.8 Å². The SMILES string of the molecule is C[C@@H]1C[C@@H](C)CN(S(=O)(=O)c2ccc(NC[C@H](C)O)c([N+](=O)[O-])c2)C1. The van der Waals surface area contributed by atoms with Crippen LogP contribution in [0.15, 0.2) is 23.1 Å². The van der Waals surface area contributed by atoms with Crippen LogP contribution in [-0.4, -0.2) is 48.5 Å². The first-order chi connectivity index (χ1) is 11.6. The molecule has 1 fully saturated rings. The summed E-state index contributed by atoms with van der Waals surface area (Å²) in [6, 6.07) is 3.84. The number of nitrogens with zero attached hydrogens (tertiary/aromatic N) is 2. The van der Waals surface area contributed by atoms with Gasteiger partial charge in [-0.2, -0.15) is 4.31 Å². The van der Waals surface area contributed by atoms with Gasteiger partial charge in [0.2, 0.25) is 10.0 Å². The number of aliphatic hydroxyl groups excluding tert-OH is 1. The second-order valence-electron chi connectivity index (χ2n) is 6.93. The maximum Gasteiger partial charge on any atom is 0.293 e. The Morgan fingerprint density at radius 1 is 1.36 bits per heavy atom. The number of nitro benzene ring substituents is 1. The highest BCUT2D eigenvalue weighted by atomic mass is 32.2. The molecule has 8 nitrogen and oxygen atoms in total. The van der Waals surface area contributed by atoms with Gasteiger partial charge in [-0.1, -0.05) is 13.8 Å². The number of benzene rings is 1. The van der Waals surface area contributed by atoms with Crippen LogP contribution in [0.3, 0.4) is 0 Å². The van der Waals surface area contributed by atoms with Gasteiger partial charge >= 0.3 is 0 Å². The topological polar surface area (TPSA) is 113 Å². The van der Waals surface area contributed by atoms with Crippen LogP contribution in [0.4, 0.5) is 11.4 Å². The van der Waals surface area contributed by atoms with Gasteiger partial charge in [-0.3, -0.25) is 10.1 Å². The van der Waals surface area contributed by atoms with Crippen molar-refractivity contribution in [3.8, 4) is 0 Å². The number of hydrogen-bond donors (Lipinski definition) is 2. The first-order valence-corrected chi connectivity index (χ1v) is 9.75. The number of piperidine rings is 1. The smallest absolute Gasteiger partial charge is 0.293 e. The summed E-state index contributed by atoms with van der Waals surface area (Å²) in [5.41, 5.74) is -0.134. The molecular weight excluding hydrogens is 346 g/mol. The van der Waals surface area contributed by atoms with Crippen LogP contribution in [0.25, 0.3) is 0 Å². The number of anilines is 1. The molecule has 1 aliphatic rings. The van der Waals surface area contributed by atoms with Crippen molar-refractivity contribution in [2.75, 3.05) is 25.0 Å². The lowest BCUT2D eigenvalue weighted by atomic mass is 9.94. The largest absolute Gasteiger partial charge is 0.392 e. The van der Waals surface area contributed by atoms with E-state index < -0.39 is 21.1 Å². The molecule has 1 aliphatic heterocycles. The molecule has 2 rings (SSSR count). The van der Waals surface area contributed by atoms with Crippen molar-refractivity contribution in [3.63, 3.8) is 0 Å². The normalized spacial score (nSPS) is 23.2. The molecule has 0 spiro atoms. The fourth-order valence-corrected chi connectivity index (χ4v) is 4.88. The third-order valence-electron chi connectivity index (χ3n) is 4.23. The molecule has 3 atom stereocenters. The van der Waals surface area contributed by atoms with Gasteiger partial charge in [0.15, 0.2) is 0 Å². The van der Waals surface area contributed by atoms with Gasteiger partial charge in [-0.15, -0.1) is 0 Å². The molecular formula is C16H25N3O5S. The van der Waals surface area contributed by atoms with Gasteiger partial charge in [0, 0.05) is 25.7 Å². The minimum atomic E-state index is -3.78. The summed E-state index contributed by atoms with van der Waals surface area (Å²) in [5, 5.41) is 23.4. The molecule has 0 radical (unpaired) electrons. The molecule has 25 heavy (non-hydrogen) atoms. The van der Waals surface area contributed by atoms with Crippen molar-refractivity contribution in [2.24, 2.45) is 11.8 Å². The second-order valence-corrected chi connectivity index (χ2v) is 8.87. The first kappa shape index (κ1) is 19.6. The number of aliphatic hydroxyl groups is 1. The Balaban J connectivity index is 2.34. The maximum absolute atomic E-state index is 12.9. The third kappa shape index (κ3) is 4.68. The highest BCUT2D eigenvalue weighted by molar-refractivity contribution is 7.89. The minimum absolute atomic E-state index is 0.0805. The van der Waals surface area contributed by atoms with E-state index >= 15 is 0 Å². The Bertz CT molecular complexity index is 725. The van der Waals surface area contributed by atoms with E-state index in [-0.39, 0.29) is 34.7 Å². The van der Waals surface area contributed by atoms with Crippen LogP contribution in [0.1, 0.15) is 27.2 Å². The maximum atomic E-state index is 12.9. The zero-order valence-corrected chi connectivity index (χ0v) is 15.5.